The van der Waals surface area contributed by atoms with Crippen molar-refractivity contribution in [2.24, 2.45) is 4.99 Å². The van der Waals surface area contributed by atoms with Crippen LogP contribution in [0.5, 0.6) is 0 Å². The molecule has 0 fully saturated rings. The summed E-state index contributed by atoms with van der Waals surface area (Å²) in [7, 11) is 4.19. The van der Waals surface area contributed by atoms with Gasteiger partial charge in [0.15, 0.2) is 4.80 Å². The van der Waals surface area contributed by atoms with Crippen LogP contribution in [-0.4, -0.2) is 35.2 Å². The van der Waals surface area contributed by atoms with Crippen LogP contribution in [0.3, 0.4) is 0 Å². The molecule has 0 bridgehead atoms. The van der Waals surface area contributed by atoms with Gasteiger partial charge in [-0.1, -0.05) is 23.5 Å². The van der Waals surface area contributed by atoms with Crippen molar-refractivity contribution in [3.05, 3.63) is 65.5 Å². The number of benzene rings is 3. The first-order chi connectivity index (χ1) is 15.6. The molecule has 0 N–H and O–H groups in total. The molecular formula is C26H28N4S2. The lowest BCUT2D eigenvalue weighted by molar-refractivity contribution is 0.775. The number of thiazole rings is 1. The van der Waals surface area contributed by atoms with Gasteiger partial charge in [-0.2, -0.15) is 11.8 Å². The average molecular weight is 461 g/mol. The van der Waals surface area contributed by atoms with Gasteiger partial charge in [-0.05, 0) is 61.7 Å². The molecule has 5 aromatic rings. The Kier molecular flexibility index (Phi) is 5.74. The largest absolute Gasteiger partial charge is 0.378 e. The average Bonchev–Trinajstić information content (AvgIpc) is 3.31. The monoisotopic (exact) mass is 460 g/mol. The summed E-state index contributed by atoms with van der Waals surface area (Å²) in [5.41, 5.74) is 6.04. The van der Waals surface area contributed by atoms with E-state index in [0.717, 1.165) is 29.3 Å². The maximum absolute atomic E-state index is 5.13. The van der Waals surface area contributed by atoms with Crippen molar-refractivity contribution in [3.63, 3.8) is 0 Å². The van der Waals surface area contributed by atoms with Gasteiger partial charge >= 0.3 is 0 Å². The number of hydrogen-bond acceptors (Lipinski definition) is 4. The number of fused-ring (bicyclic) bond motifs is 4. The van der Waals surface area contributed by atoms with Gasteiger partial charge < -0.3 is 14.0 Å². The van der Waals surface area contributed by atoms with Gasteiger partial charge in [-0.3, -0.25) is 0 Å². The zero-order valence-corrected chi connectivity index (χ0v) is 20.6. The van der Waals surface area contributed by atoms with Gasteiger partial charge in [-0.15, -0.1) is 0 Å². The van der Waals surface area contributed by atoms with Crippen LogP contribution in [0.25, 0.3) is 32.0 Å². The number of thioether (sulfide) groups is 1. The number of hydrogen-bond donors (Lipinski definition) is 0. The minimum Gasteiger partial charge on any atom is -0.378 e. The summed E-state index contributed by atoms with van der Waals surface area (Å²) in [4.78, 5) is 8.36. The molecule has 2 aromatic heterocycles. The van der Waals surface area contributed by atoms with E-state index in [0.29, 0.717) is 0 Å². The molecule has 4 nitrogen and oxygen atoms in total. The molecule has 5 rings (SSSR count). The highest BCUT2D eigenvalue weighted by Gasteiger charge is 2.12. The van der Waals surface area contributed by atoms with Gasteiger partial charge in [0.1, 0.15) is 0 Å². The maximum atomic E-state index is 5.13. The third-order valence-corrected chi connectivity index (χ3v) is 7.65. The fourth-order valence-corrected chi connectivity index (χ4v) is 5.83. The number of aryl methyl sites for hydroxylation is 2. The van der Waals surface area contributed by atoms with E-state index in [2.05, 4.69) is 102 Å². The van der Waals surface area contributed by atoms with Crippen LogP contribution in [0, 0.1) is 0 Å². The highest BCUT2D eigenvalue weighted by Crippen LogP contribution is 2.34. The minimum atomic E-state index is 0.947. The molecule has 0 saturated carbocycles. The van der Waals surface area contributed by atoms with E-state index in [4.69, 9.17) is 4.99 Å². The SMILES string of the molecule is CCn1c2ccc(N=c3sc4ccccc4n3CCSC)cc2c2cc(N(C)C)ccc21. The highest BCUT2D eigenvalue weighted by atomic mass is 32.2. The van der Waals surface area contributed by atoms with Crippen LogP contribution in [0.15, 0.2) is 65.7 Å². The van der Waals surface area contributed by atoms with Crippen LogP contribution in [0.1, 0.15) is 6.92 Å². The maximum Gasteiger partial charge on any atom is 0.190 e. The smallest absolute Gasteiger partial charge is 0.190 e. The molecule has 0 aliphatic rings. The van der Waals surface area contributed by atoms with Crippen LogP contribution >= 0.6 is 23.1 Å². The van der Waals surface area contributed by atoms with E-state index >= 15 is 0 Å². The molecule has 0 atom stereocenters. The molecule has 0 spiro atoms. The fourth-order valence-electron chi connectivity index (χ4n) is 4.38. The molecule has 3 aromatic carbocycles. The first kappa shape index (κ1) is 21.2. The molecule has 0 aliphatic carbocycles. The number of rotatable bonds is 6. The normalized spacial score (nSPS) is 12.4. The Balaban J connectivity index is 1.73. The summed E-state index contributed by atoms with van der Waals surface area (Å²) in [6.07, 6.45) is 2.16. The van der Waals surface area contributed by atoms with E-state index in [1.165, 1.54) is 37.7 Å². The Morgan fingerprint density at radius 2 is 1.66 bits per heavy atom. The third kappa shape index (κ3) is 3.61. The third-order valence-electron chi connectivity index (χ3n) is 6.00. The molecule has 0 radical (unpaired) electrons. The zero-order chi connectivity index (χ0) is 22.2. The predicted molar refractivity (Wildman–Crippen MR) is 143 cm³/mol. The van der Waals surface area contributed by atoms with E-state index in [1.54, 1.807) is 11.3 Å². The Bertz CT molecular complexity index is 1490. The van der Waals surface area contributed by atoms with Crippen molar-refractivity contribution in [3.8, 4) is 0 Å². The molecule has 0 unspecified atom stereocenters. The first-order valence-electron chi connectivity index (χ1n) is 11.0. The molecule has 6 heteroatoms. The Hall–Kier alpha value is -2.70. The van der Waals surface area contributed by atoms with Gasteiger partial charge in [0.2, 0.25) is 0 Å². The molecule has 32 heavy (non-hydrogen) atoms. The summed E-state index contributed by atoms with van der Waals surface area (Å²) < 4.78 is 6.04. The summed E-state index contributed by atoms with van der Waals surface area (Å²) >= 11 is 3.64. The van der Waals surface area contributed by atoms with Crippen molar-refractivity contribution in [1.82, 2.24) is 9.13 Å². The number of anilines is 1. The summed E-state index contributed by atoms with van der Waals surface area (Å²) in [6, 6.07) is 22.0. The van der Waals surface area contributed by atoms with Crippen molar-refractivity contribution in [2.75, 3.05) is 31.0 Å². The molecule has 0 saturated heterocycles. The highest BCUT2D eigenvalue weighted by molar-refractivity contribution is 7.98. The Morgan fingerprint density at radius 1 is 0.906 bits per heavy atom. The first-order valence-corrected chi connectivity index (χ1v) is 13.2. The second-order valence-corrected chi connectivity index (χ2v) is 10.1. The number of aromatic nitrogens is 2. The second-order valence-electron chi connectivity index (χ2n) is 8.15. The van der Waals surface area contributed by atoms with Crippen LogP contribution in [0.4, 0.5) is 11.4 Å². The molecule has 164 valence electrons. The number of nitrogens with zero attached hydrogens (tertiary/aromatic N) is 4. The quantitative estimate of drug-likeness (QED) is 0.289. The van der Waals surface area contributed by atoms with Crippen LogP contribution < -0.4 is 9.70 Å². The van der Waals surface area contributed by atoms with Gasteiger partial charge in [0, 0.05) is 60.4 Å². The lowest BCUT2D eigenvalue weighted by Crippen LogP contribution is -2.15. The van der Waals surface area contributed by atoms with Crippen LogP contribution in [0.2, 0.25) is 0 Å². The van der Waals surface area contributed by atoms with Crippen LogP contribution in [-0.2, 0) is 13.1 Å². The molecular weight excluding hydrogens is 432 g/mol. The van der Waals surface area contributed by atoms with E-state index in [1.807, 2.05) is 11.8 Å². The van der Waals surface area contributed by atoms with Gasteiger partial charge in [0.05, 0.1) is 15.9 Å². The summed E-state index contributed by atoms with van der Waals surface area (Å²) in [5, 5.41) is 2.56. The lowest BCUT2D eigenvalue weighted by atomic mass is 10.1. The van der Waals surface area contributed by atoms with Crippen molar-refractivity contribution >= 4 is 66.5 Å². The van der Waals surface area contributed by atoms with E-state index in [9.17, 15) is 0 Å². The van der Waals surface area contributed by atoms with Crippen molar-refractivity contribution < 1.29 is 0 Å². The van der Waals surface area contributed by atoms with E-state index < -0.39 is 0 Å². The standard InChI is InChI=1S/C26H28N4S2/c1-5-29-22-12-10-18(16-20(22)21-17-19(28(2)3)11-13-23(21)29)27-26-30(14-15-31-4)24-8-6-7-9-25(24)32-26/h6-13,16-17H,5,14-15H2,1-4H3. The topological polar surface area (TPSA) is 25.5 Å². The lowest BCUT2D eigenvalue weighted by Gasteiger charge is -2.12. The molecule has 2 heterocycles. The molecule has 0 amide bonds. The Morgan fingerprint density at radius 3 is 2.41 bits per heavy atom. The van der Waals surface area contributed by atoms with Gasteiger partial charge in [-0.25, -0.2) is 4.99 Å². The minimum absolute atomic E-state index is 0.947. The van der Waals surface area contributed by atoms with Gasteiger partial charge in [0.25, 0.3) is 0 Å². The zero-order valence-electron chi connectivity index (χ0n) is 19.0. The van der Waals surface area contributed by atoms with Crippen molar-refractivity contribution in [1.29, 1.82) is 0 Å². The summed E-state index contributed by atoms with van der Waals surface area (Å²) in [5.74, 6) is 1.07. The Labute approximate surface area is 196 Å². The second kappa shape index (κ2) is 8.68. The van der Waals surface area contributed by atoms with E-state index in [-0.39, 0.29) is 0 Å². The number of para-hydroxylation sites is 1. The van der Waals surface area contributed by atoms with Crippen molar-refractivity contribution in [2.45, 2.75) is 20.0 Å². The predicted octanol–water partition coefficient (Wildman–Crippen LogP) is 6.49. The molecule has 0 aliphatic heterocycles. The summed E-state index contributed by atoms with van der Waals surface area (Å²) in [6.45, 7) is 4.12. The fraction of sp³-hybridized carbons (Fsp3) is 0.269.